The number of halogens is 1. The molecular weight excluding hydrogens is 882 g/mol. The summed E-state index contributed by atoms with van der Waals surface area (Å²) in [6.07, 6.45) is -10.6. The number of fused-ring (bicyclic) bond motifs is 5. The van der Waals surface area contributed by atoms with Crippen LogP contribution in [0.1, 0.15) is 86.7 Å². The zero-order valence-corrected chi connectivity index (χ0v) is 37.1. The van der Waals surface area contributed by atoms with Crippen molar-refractivity contribution in [3.05, 3.63) is 117 Å². The Kier molecular flexibility index (Phi) is 12.4. The molecule has 0 radical (unpaired) electrons. The molecule has 0 unspecified atom stereocenters. The Morgan fingerprint density at radius 3 is 2.08 bits per heavy atom. The number of Topliss-reactive ketones (excluding diaryl/α,β-unsaturated/α-hetero) is 1. The maximum Gasteiger partial charge on any atom is 0.338 e. The fourth-order valence-electron chi connectivity index (χ4n) is 10.2. The van der Waals surface area contributed by atoms with E-state index in [2.05, 4.69) is 21.2 Å². The summed E-state index contributed by atoms with van der Waals surface area (Å²) < 4.78 is 30.9. The van der Waals surface area contributed by atoms with E-state index in [9.17, 15) is 39.3 Å². The van der Waals surface area contributed by atoms with Gasteiger partial charge in [-0.3, -0.25) is 19.2 Å². The predicted octanol–water partition coefficient (Wildman–Crippen LogP) is 4.50. The number of carbonyl (C=O) groups excluding carboxylic acids is 6. The fraction of sp³-hybridized carbons (Fsp3) is 0.447. The van der Waals surface area contributed by atoms with Crippen LogP contribution < -0.4 is 5.32 Å². The number of amides is 1. The van der Waals surface area contributed by atoms with Gasteiger partial charge in [-0.15, -0.1) is 0 Å². The molecule has 0 spiro atoms. The van der Waals surface area contributed by atoms with Crippen molar-refractivity contribution in [2.75, 3.05) is 6.61 Å². The van der Waals surface area contributed by atoms with Gasteiger partial charge in [0.15, 0.2) is 23.6 Å². The lowest BCUT2D eigenvalue weighted by atomic mass is 9.44. The van der Waals surface area contributed by atoms with Gasteiger partial charge in [0.1, 0.15) is 23.9 Å². The van der Waals surface area contributed by atoms with Crippen molar-refractivity contribution in [2.24, 2.45) is 16.7 Å². The number of aliphatic hydroxyl groups is 3. The number of ether oxygens (including phenoxy) is 5. The summed E-state index contributed by atoms with van der Waals surface area (Å²) in [6.45, 7) is 7.96. The third-order valence-electron chi connectivity index (χ3n) is 13.5. The minimum atomic E-state index is -2.40. The highest BCUT2D eigenvalue weighted by Gasteiger charge is 2.78. The van der Waals surface area contributed by atoms with Crippen molar-refractivity contribution in [1.82, 2.24) is 5.32 Å². The van der Waals surface area contributed by atoms with E-state index in [0.29, 0.717) is 10.0 Å². The Labute approximate surface area is 372 Å². The molecule has 7 rings (SSSR count). The van der Waals surface area contributed by atoms with Crippen LogP contribution in [0.2, 0.25) is 0 Å². The van der Waals surface area contributed by atoms with Crippen LogP contribution in [0.4, 0.5) is 0 Å². The van der Waals surface area contributed by atoms with Crippen LogP contribution in [0.25, 0.3) is 0 Å². The standard InChI is InChI=1S/C47H50BrNO14/c1-24-31(61-43(57)36(53)35(29-18-13-19-30(48)20-29)49-41(55)27-14-9-7-10-15-27)22-47(58)40(62-42(56)28-16-11-8-12-17-28)38-45(6,32(52)21-33-46(38,23-59-33)63-26(3)51)39(54)37(60-25(2)50)34(24)44(47,4)5/h7-20,31-33,35-38,40,52-53,58H,21-23H2,1-6H3,(H,49,55)/t31-,32-,33+,35-,36+,37+,38-,40-,45+,46-,47+/m0/s1. The summed E-state index contributed by atoms with van der Waals surface area (Å²) in [5.74, 6) is -6.89. The highest BCUT2D eigenvalue weighted by molar-refractivity contribution is 9.10. The fourth-order valence-corrected chi connectivity index (χ4v) is 10.6. The number of carbonyl (C=O) groups is 6. The highest BCUT2D eigenvalue weighted by Crippen LogP contribution is 2.64. The molecule has 4 N–H and O–H groups in total. The molecule has 16 heteroatoms. The molecule has 2 bridgehead atoms. The van der Waals surface area contributed by atoms with Gasteiger partial charge in [-0.25, -0.2) is 9.59 Å². The lowest BCUT2D eigenvalue weighted by Crippen LogP contribution is -2.82. The number of benzene rings is 3. The van der Waals surface area contributed by atoms with Crippen LogP contribution in [0.3, 0.4) is 0 Å². The summed E-state index contributed by atoms with van der Waals surface area (Å²) in [5.41, 5.74) is -7.10. The van der Waals surface area contributed by atoms with E-state index in [1.165, 1.54) is 26.0 Å². The number of esters is 4. The Balaban J connectivity index is 1.39. The number of ketones is 1. The van der Waals surface area contributed by atoms with E-state index in [1.54, 1.807) is 86.6 Å². The maximum atomic E-state index is 15.5. The van der Waals surface area contributed by atoms with E-state index in [1.807, 2.05) is 0 Å². The topological polar surface area (TPSA) is 221 Å². The van der Waals surface area contributed by atoms with Crippen LogP contribution in [-0.4, -0.2) is 105 Å². The van der Waals surface area contributed by atoms with Crippen LogP contribution in [0.15, 0.2) is 101 Å². The van der Waals surface area contributed by atoms with E-state index in [4.69, 9.17) is 23.7 Å². The second-order valence-electron chi connectivity index (χ2n) is 17.5. The Morgan fingerprint density at radius 2 is 1.51 bits per heavy atom. The average Bonchev–Trinajstić information content (AvgIpc) is 3.23. The number of hydrogen-bond acceptors (Lipinski definition) is 14. The van der Waals surface area contributed by atoms with E-state index < -0.39 is 113 Å². The first-order valence-corrected chi connectivity index (χ1v) is 21.4. The second-order valence-corrected chi connectivity index (χ2v) is 18.4. The average molecular weight is 933 g/mol. The molecule has 63 heavy (non-hydrogen) atoms. The molecule has 334 valence electrons. The van der Waals surface area contributed by atoms with Gasteiger partial charge in [-0.1, -0.05) is 78.3 Å². The molecule has 4 aliphatic rings. The van der Waals surface area contributed by atoms with Crippen molar-refractivity contribution in [1.29, 1.82) is 0 Å². The van der Waals surface area contributed by atoms with Crippen molar-refractivity contribution in [2.45, 2.75) is 108 Å². The van der Waals surface area contributed by atoms with E-state index >= 15 is 4.79 Å². The van der Waals surface area contributed by atoms with Crippen LogP contribution in [-0.2, 0) is 42.9 Å². The van der Waals surface area contributed by atoms with Gasteiger partial charge in [-0.05, 0) is 67.0 Å². The van der Waals surface area contributed by atoms with Gasteiger partial charge in [-0.2, -0.15) is 0 Å². The molecule has 15 nitrogen and oxygen atoms in total. The van der Waals surface area contributed by atoms with E-state index in [0.717, 1.165) is 13.8 Å². The van der Waals surface area contributed by atoms with Gasteiger partial charge in [0, 0.05) is 42.1 Å². The summed E-state index contributed by atoms with van der Waals surface area (Å²) in [4.78, 5) is 83.7. The first kappa shape index (κ1) is 45.8. The molecule has 1 aliphatic heterocycles. The Morgan fingerprint density at radius 1 is 0.873 bits per heavy atom. The molecule has 1 saturated heterocycles. The second kappa shape index (κ2) is 17.0. The molecule has 1 amide bonds. The smallest absolute Gasteiger partial charge is 0.338 e. The minimum absolute atomic E-state index is 0.00851. The van der Waals surface area contributed by atoms with E-state index in [-0.39, 0.29) is 35.3 Å². The summed E-state index contributed by atoms with van der Waals surface area (Å²) in [6, 6.07) is 21.2. The molecule has 3 aliphatic carbocycles. The molecule has 0 aromatic heterocycles. The Hall–Kier alpha value is -5.26. The van der Waals surface area contributed by atoms with Crippen LogP contribution >= 0.6 is 15.9 Å². The Bertz CT molecular complexity index is 2350. The van der Waals surface area contributed by atoms with Gasteiger partial charge in [0.2, 0.25) is 0 Å². The summed E-state index contributed by atoms with van der Waals surface area (Å²) in [5, 5.41) is 40.4. The van der Waals surface area contributed by atoms with Gasteiger partial charge < -0.3 is 44.3 Å². The van der Waals surface area contributed by atoms with Crippen molar-refractivity contribution >= 4 is 51.5 Å². The predicted molar refractivity (Wildman–Crippen MR) is 225 cm³/mol. The van der Waals surface area contributed by atoms with Gasteiger partial charge in [0.25, 0.3) is 5.91 Å². The maximum absolute atomic E-state index is 15.5. The van der Waals surface area contributed by atoms with Gasteiger partial charge in [0.05, 0.1) is 35.6 Å². The first-order chi connectivity index (χ1) is 29.7. The molecule has 3 aromatic rings. The van der Waals surface area contributed by atoms with Gasteiger partial charge >= 0.3 is 23.9 Å². The molecule has 11 atom stereocenters. The number of aliphatic hydroxyl groups excluding tert-OH is 2. The molecular formula is C47H50BrNO14. The van der Waals surface area contributed by atoms with Crippen molar-refractivity contribution < 1.29 is 67.8 Å². The zero-order chi connectivity index (χ0) is 45.8. The first-order valence-electron chi connectivity index (χ1n) is 20.6. The molecule has 3 aromatic carbocycles. The molecule has 3 fully saturated rings. The quantitative estimate of drug-likeness (QED) is 0.125. The van der Waals surface area contributed by atoms with Crippen LogP contribution in [0, 0.1) is 16.7 Å². The lowest BCUT2D eigenvalue weighted by molar-refractivity contribution is -0.346. The SMILES string of the molecule is CC(=O)O[C@H]1C(=O)[C@@]2(C)[C@H]([C@H](OC(=O)c3ccccc3)[C@]3(O)C[C@H](OC(=O)[C@H](O)[C@@H](NC(=O)c4ccccc4)c4cccc(Br)c4)C(C)=C1C3(C)C)[C@]1(OC(C)=O)CO[C@@H]1C[C@@H]2O. The summed E-state index contributed by atoms with van der Waals surface area (Å²) in [7, 11) is 0. The van der Waals surface area contributed by atoms with Crippen molar-refractivity contribution in [3.8, 4) is 0 Å². The van der Waals surface area contributed by atoms with Crippen molar-refractivity contribution in [3.63, 3.8) is 0 Å². The number of rotatable bonds is 10. The third-order valence-corrected chi connectivity index (χ3v) is 14.0. The number of hydrogen-bond donors (Lipinski definition) is 4. The monoisotopic (exact) mass is 931 g/mol. The molecule has 1 heterocycles. The van der Waals surface area contributed by atoms with Crippen LogP contribution in [0.5, 0.6) is 0 Å². The normalized spacial score (nSPS) is 31.6. The lowest BCUT2D eigenvalue weighted by Gasteiger charge is -2.67. The third kappa shape index (κ3) is 7.79. The minimum Gasteiger partial charge on any atom is -0.456 e. The summed E-state index contributed by atoms with van der Waals surface area (Å²) >= 11 is 3.40. The largest absolute Gasteiger partial charge is 0.456 e. The zero-order valence-electron chi connectivity index (χ0n) is 35.5. The number of nitrogens with one attached hydrogen (secondary N) is 1. The highest BCUT2D eigenvalue weighted by atomic mass is 79.9. The molecule has 2 saturated carbocycles.